The number of hydrogen-bond acceptors (Lipinski definition) is 6. The lowest BCUT2D eigenvalue weighted by molar-refractivity contribution is 0.105. The molecule has 3 N–H and O–H groups in total. The van der Waals surface area contributed by atoms with Crippen LogP contribution in [0.4, 0.5) is 5.82 Å². The molecular weight excluding hydrogens is 280 g/mol. The molecule has 3 rings (SSSR count). The molecule has 0 aliphatic rings. The van der Waals surface area contributed by atoms with Crippen molar-refractivity contribution in [2.45, 2.75) is 6.10 Å². The van der Waals surface area contributed by atoms with Crippen molar-refractivity contribution in [3.05, 3.63) is 48.8 Å². The Hall–Kier alpha value is -2.57. The van der Waals surface area contributed by atoms with Gasteiger partial charge in [0.2, 0.25) is 0 Å². The van der Waals surface area contributed by atoms with Gasteiger partial charge in [-0.15, -0.1) is 0 Å². The number of anilines is 1. The van der Waals surface area contributed by atoms with Gasteiger partial charge in [0.25, 0.3) is 0 Å². The highest BCUT2D eigenvalue weighted by Gasteiger charge is 2.10. The zero-order valence-corrected chi connectivity index (χ0v) is 11.8. The third-order valence-electron chi connectivity index (χ3n) is 3.26. The summed E-state index contributed by atoms with van der Waals surface area (Å²) in [6.45, 7) is -0.0828. The molecule has 1 aromatic carbocycles. The van der Waals surface area contributed by atoms with Crippen LogP contribution >= 0.6 is 0 Å². The summed E-state index contributed by atoms with van der Waals surface area (Å²) in [5, 5.41) is 22.4. The Morgan fingerprint density at radius 1 is 1.05 bits per heavy atom. The van der Waals surface area contributed by atoms with Crippen LogP contribution in [0.15, 0.2) is 48.8 Å². The van der Waals surface area contributed by atoms with Gasteiger partial charge in [0, 0.05) is 29.9 Å². The molecule has 2 aromatic heterocycles. The molecule has 22 heavy (non-hydrogen) atoms. The highest BCUT2D eigenvalue weighted by Crippen LogP contribution is 2.24. The zero-order chi connectivity index (χ0) is 15.4. The summed E-state index contributed by atoms with van der Waals surface area (Å²) in [4.78, 5) is 13.1. The lowest BCUT2D eigenvalue weighted by Crippen LogP contribution is -2.23. The van der Waals surface area contributed by atoms with E-state index in [9.17, 15) is 5.11 Å². The number of para-hydroxylation sites is 1. The van der Waals surface area contributed by atoms with Crippen LogP contribution < -0.4 is 5.32 Å². The average Bonchev–Trinajstić information content (AvgIpc) is 2.59. The van der Waals surface area contributed by atoms with Gasteiger partial charge in [-0.2, -0.15) is 0 Å². The maximum absolute atomic E-state index is 9.51. The standard InChI is InChI=1S/C16H16N4O2/c21-10-12(22)9-18-16-13-3-1-2-4-14(13)19-15(20-16)11-5-7-17-8-6-11/h1-8,12,21-22H,9-10H2,(H,18,19,20)/t12-/m0/s1. The molecule has 0 unspecified atom stereocenters. The van der Waals surface area contributed by atoms with Crippen LogP contribution in [0.25, 0.3) is 22.3 Å². The second-order valence-corrected chi connectivity index (χ2v) is 4.87. The first kappa shape index (κ1) is 14.4. The molecule has 0 saturated carbocycles. The van der Waals surface area contributed by atoms with Crippen LogP contribution in [0.1, 0.15) is 0 Å². The van der Waals surface area contributed by atoms with Gasteiger partial charge in [-0.25, -0.2) is 9.97 Å². The van der Waals surface area contributed by atoms with Gasteiger partial charge in [-0.05, 0) is 24.3 Å². The Labute approximate surface area is 127 Å². The highest BCUT2D eigenvalue weighted by molar-refractivity contribution is 5.90. The predicted molar refractivity (Wildman–Crippen MR) is 84.4 cm³/mol. The van der Waals surface area contributed by atoms with Gasteiger partial charge in [-0.3, -0.25) is 4.98 Å². The van der Waals surface area contributed by atoms with Crippen LogP contribution in [0, 0.1) is 0 Å². The first-order valence-electron chi connectivity index (χ1n) is 6.98. The van der Waals surface area contributed by atoms with E-state index in [0.717, 1.165) is 16.5 Å². The molecule has 2 heterocycles. The quantitative estimate of drug-likeness (QED) is 0.660. The van der Waals surface area contributed by atoms with E-state index in [2.05, 4.69) is 20.3 Å². The summed E-state index contributed by atoms with van der Waals surface area (Å²) in [5.41, 5.74) is 1.68. The van der Waals surface area contributed by atoms with E-state index >= 15 is 0 Å². The van der Waals surface area contributed by atoms with Crippen molar-refractivity contribution >= 4 is 16.7 Å². The number of benzene rings is 1. The Bertz CT molecular complexity index is 764. The second kappa shape index (κ2) is 6.46. The number of nitrogens with zero attached hydrogens (tertiary/aromatic N) is 3. The molecule has 0 bridgehead atoms. The molecule has 0 spiro atoms. The minimum atomic E-state index is -0.835. The van der Waals surface area contributed by atoms with E-state index in [1.165, 1.54) is 0 Å². The SMILES string of the molecule is OC[C@@H](O)CNc1nc(-c2ccncc2)nc2ccccc12. The van der Waals surface area contributed by atoms with Crippen molar-refractivity contribution in [2.75, 3.05) is 18.5 Å². The van der Waals surface area contributed by atoms with Crippen LogP contribution in [0.3, 0.4) is 0 Å². The first-order valence-corrected chi connectivity index (χ1v) is 6.98. The van der Waals surface area contributed by atoms with E-state index in [1.54, 1.807) is 12.4 Å². The van der Waals surface area contributed by atoms with Gasteiger partial charge in [0.05, 0.1) is 18.2 Å². The molecule has 1 atom stereocenters. The van der Waals surface area contributed by atoms with Crippen LogP contribution in [-0.2, 0) is 0 Å². The van der Waals surface area contributed by atoms with Crippen LogP contribution in [0.5, 0.6) is 0 Å². The molecule has 6 heteroatoms. The summed E-state index contributed by atoms with van der Waals surface area (Å²) >= 11 is 0. The Balaban J connectivity index is 2.04. The van der Waals surface area contributed by atoms with Gasteiger partial charge in [0.15, 0.2) is 5.82 Å². The van der Waals surface area contributed by atoms with E-state index in [4.69, 9.17) is 5.11 Å². The Morgan fingerprint density at radius 2 is 1.82 bits per heavy atom. The second-order valence-electron chi connectivity index (χ2n) is 4.87. The lowest BCUT2D eigenvalue weighted by Gasteiger charge is -2.13. The fourth-order valence-electron chi connectivity index (χ4n) is 2.12. The Morgan fingerprint density at radius 3 is 2.59 bits per heavy atom. The maximum Gasteiger partial charge on any atom is 0.162 e. The third kappa shape index (κ3) is 3.03. The first-order chi connectivity index (χ1) is 10.8. The molecular formula is C16H16N4O2. The number of pyridine rings is 1. The number of hydrogen-bond donors (Lipinski definition) is 3. The molecule has 0 fully saturated rings. The number of aliphatic hydroxyl groups is 2. The smallest absolute Gasteiger partial charge is 0.162 e. The molecule has 0 amide bonds. The number of aliphatic hydroxyl groups excluding tert-OH is 2. The third-order valence-corrected chi connectivity index (χ3v) is 3.26. The molecule has 112 valence electrons. The molecule has 0 aliphatic heterocycles. The van der Waals surface area contributed by atoms with E-state index in [-0.39, 0.29) is 13.2 Å². The van der Waals surface area contributed by atoms with Crippen molar-refractivity contribution in [1.29, 1.82) is 0 Å². The molecule has 0 saturated heterocycles. The van der Waals surface area contributed by atoms with Gasteiger partial charge in [-0.1, -0.05) is 12.1 Å². The van der Waals surface area contributed by atoms with Crippen LogP contribution in [0.2, 0.25) is 0 Å². The number of nitrogens with one attached hydrogen (secondary N) is 1. The summed E-state index contributed by atoms with van der Waals surface area (Å²) in [7, 11) is 0. The van der Waals surface area contributed by atoms with E-state index in [0.29, 0.717) is 11.6 Å². The molecule has 6 nitrogen and oxygen atoms in total. The summed E-state index contributed by atoms with van der Waals surface area (Å²) in [6.07, 6.45) is 2.55. The Kier molecular flexibility index (Phi) is 4.22. The predicted octanol–water partition coefficient (Wildman–Crippen LogP) is 1.46. The summed E-state index contributed by atoms with van der Waals surface area (Å²) in [6, 6.07) is 11.3. The fourth-order valence-corrected chi connectivity index (χ4v) is 2.12. The lowest BCUT2D eigenvalue weighted by atomic mass is 10.2. The van der Waals surface area contributed by atoms with E-state index in [1.807, 2.05) is 36.4 Å². The minimum Gasteiger partial charge on any atom is -0.394 e. The summed E-state index contributed by atoms with van der Waals surface area (Å²) < 4.78 is 0. The van der Waals surface area contributed by atoms with Gasteiger partial charge < -0.3 is 15.5 Å². The monoisotopic (exact) mass is 296 g/mol. The fraction of sp³-hybridized carbons (Fsp3) is 0.188. The van der Waals surface area contributed by atoms with Crippen LogP contribution in [-0.4, -0.2) is 44.4 Å². The van der Waals surface area contributed by atoms with Gasteiger partial charge in [0.1, 0.15) is 5.82 Å². The van der Waals surface area contributed by atoms with Crippen molar-refractivity contribution < 1.29 is 10.2 Å². The van der Waals surface area contributed by atoms with Crippen molar-refractivity contribution in [1.82, 2.24) is 15.0 Å². The molecule has 0 aliphatic carbocycles. The van der Waals surface area contributed by atoms with E-state index < -0.39 is 6.10 Å². The normalized spacial score (nSPS) is 12.3. The topological polar surface area (TPSA) is 91.2 Å². The number of rotatable bonds is 5. The summed E-state index contributed by atoms with van der Waals surface area (Å²) in [5.74, 6) is 1.21. The van der Waals surface area contributed by atoms with Crippen molar-refractivity contribution in [3.8, 4) is 11.4 Å². The van der Waals surface area contributed by atoms with Gasteiger partial charge >= 0.3 is 0 Å². The average molecular weight is 296 g/mol. The van der Waals surface area contributed by atoms with Crippen molar-refractivity contribution in [2.24, 2.45) is 0 Å². The number of aromatic nitrogens is 3. The maximum atomic E-state index is 9.51. The highest BCUT2D eigenvalue weighted by atomic mass is 16.3. The zero-order valence-electron chi connectivity index (χ0n) is 11.8. The molecule has 3 aromatic rings. The number of fused-ring (bicyclic) bond motifs is 1. The largest absolute Gasteiger partial charge is 0.394 e. The molecule has 0 radical (unpaired) electrons. The van der Waals surface area contributed by atoms with Crippen molar-refractivity contribution in [3.63, 3.8) is 0 Å². The minimum absolute atomic E-state index is 0.216.